The van der Waals surface area contributed by atoms with E-state index in [9.17, 15) is 4.79 Å². The zero-order chi connectivity index (χ0) is 16.4. The summed E-state index contributed by atoms with van der Waals surface area (Å²) in [6.07, 6.45) is 0. The van der Waals surface area contributed by atoms with E-state index in [1.54, 1.807) is 18.2 Å². The molecule has 23 heavy (non-hydrogen) atoms. The molecule has 0 spiro atoms. The summed E-state index contributed by atoms with van der Waals surface area (Å²) in [5, 5.41) is 9.15. The van der Waals surface area contributed by atoms with Crippen LogP contribution in [0.2, 0.25) is 0 Å². The Kier molecular flexibility index (Phi) is 4.12. The van der Waals surface area contributed by atoms with Crippen LogP contribution in [0.5, 0.6) is 0 Å². The van der Waals surface area contributed by atoms with E-state index in [0.29, 0.717) is 12.1 Å². The van der Waals surface area contributed by atoms with Gasteiger partial charge in [-0.05, 0) is 43.9 Å². The SMILES string of the molecule is CN(C)Cc1nc2ccccc2n1Cc1cccc(C(=O)O)c1. The molecule has 1 heterocycles. The third-order valence-corrected chi connectivity index (χ3v) is 3.71. The summed E-state index contributed by atoms with van der Waals surface area (Å²) in [4.78, 5) is 17.9. The van der Waals surface area contributed by atoms with Crippen LogP contribution in [0, 0.1) is 0 Å². The highest BCUT2D eigenvalue weighted by Gasteiger charge is 2.12. The van der Waals surface area contributed by atoms with E-state index in [-0.39, 0.29) is 0 Å². The van der Waals surface area contributed by atoms with Crippen LogP contribution in [0.1, 0.15) is 21.7 Å². The summed E-state index contributed by atoms with van der Waals surface area (Å²) in [6, 6.07) is 15.1. The fraction of sp³-hybridized carbons (Fsp3) is 0.222. The van der Waals surface area contributed by atoms with Crippen molar-refractivity contribution in [3.05, 3.63) is 65.5 Å². The van der Waals surface area contributed by atoms with E-state index >= 15 is 0 Å². The number of carbonyl (C=O) groups is 1. The molecule has 0 saturated carbocycles. The van der Waals surface area contributed by atoms with Gasteiger partial charge in [0, 0.05) is 6.54 Å². The molecule has 0 amide bonds. The maximum absolute atomic E-state index is 11.2. The number of rotatable bonds is 5. The Balaban J connectivity index is 2.04. The molecule has 5 heteroatoms. The minimum Gasteiger partial charge on any atom is -0.478 e. The molecule has 0 aliphatic rings. The second-order valence-corrected chi connectivity index (χ2v) is 5.85. The Bertz CT molecular complexity index is 852. The van der Waals surface area contributed by atoms with E-state index in [1.807, 2.05) is 44.4 Å². The molecule has 3 aromatic rings. The van der Waals surface area contributed by atoms with E-state index in [2.05, 4.69) is 9.47 Å². The highest BCUT2D eigenvalue weighted by Crippen LogP contribution is 2.19. The third kappa shape index (κ3) is 3.24. The molecule has 2 aromatic carbocycles. The monoisotopic (exact) mass is 309 g/mol. The van der Waals surface area contributed by atoms with Crippen molar-refractivity contribution in [2.75, 3.05) is 14.1 Å². The average Bonchev–Trinajstić information content (AvgIpc) is 2.84. The van der Waals surface area contributed by atoms with Crippen LogP contribution in [0.3, 0.4) is 0 Å². The lowest BCUT2D eigenvalue weighted by Crippen LogP contribution is -2.16. The molecular formula is C18H19N3O2. The number of nitrogens with zero attached hydrogens (tertiary/aromatic N) is 3. The van der Waals surface area contributed by atoms with Crippen molar-refractivity contribution in [1.29, 1.82) is 0 Å². The molecule has 0 saturated heterocycles. The van der Waals surface area contributed by atoms with Crippen LogP contribution < -0.4 is 0 Å². The van der Waals surface area contributed by atoms with Gasteiger partial charge in [0.25, 0.3) is 0 Å². The number of para-hydroxylation sites is 2. The second-order valence-electron chi connectivity index (χ2n) is 5.85. The normalized spacial score (nSPS) is 11.3. The molecule has 0 atom stereocenters. The maximum Gasteiger partial charge on any atom is 0.335 e. The van der Waals surface area contributed by atoms with Gasteiger partial charge >= 0.3 is 5.97 Å². The highest BCUT2D eigenvalue weighted by atomic mass is 16.4. The number of hydrogen-bond donors (Lipinski definition) is 1. The van der Waals surface area contributed by atoms with E-state index in [0.717, 1.165) is 29.0 Å². The quantitative estimate of drug-likeness (QED) is 0.787. The summed E-state index contributed by atoms with van der Waals surface area (Å²) in [6.45, 7) is 1.33. The summed E-state index contributed by atoms with van der Waals surface area (Å²) < 4.78 is 2.15. The first-order valence-corrected chi connectivity index (χ1v) is 7.45. The van der Waals surface area contributed by atoms with Crippen LogP contribution in [-0.4, -0.2) is 39.6 Å². The van der Waals surface area contributed by atoms with Gasteiger partial charge in [0.1, 0.15) is 5.82 Å². The van der Waals surface area contributed by atoms with Crippen molar-refractivity contribution >= 4 is 17.0 Å². The fourth-order valence-electron chi connectivity index (χ4n) is 2.69. The Morgan fingerprint density at radius 1 is 1.17 bits per heavy atom. The third-order valence-electron chi connectivity index (χ3n) is 3.71. The zero-order valence-corrected chi connectivity index (χ0v) is 13.2. The number of fused-ring (bicyclic) bond motifs is 1. The lowest BCUT2D eigenvalue weighted by molar-refractivity contribution is 0.0696. The predicted octanol–water partition coefficient (Wildman–Crippen LogP) is 2.84. The molecule has 118 valence electrons. The van der Waals surface area contributed by atoms with E-state index in [4.69, 9.17) is 10.1 Å². The smallest absolute Gasteiger partial charge is 0.335 e. The number of carboxylic acid groups (broad SMARTS) is 1. The molecule has 1 aromatic heterocycles. The van der Waals surface area contributed by atoms with Gasteiger partial charge in [-0.2, -0.15) is 0 Å². The van der Waals surface area contributed by atoms with Crippen molar-refractivity contribution < 1.29 is 9.90 Å². The van der Waals surface area contributed by atoms with E-state index < -0.39 is 5.97 Å². The van der Waals surface area contributed by atoms with Crippen LogP contribution in [-0.2, 0) is 13.1 Å². The standard InChI is InChI=1S/C18H19N3O2/c1-20(2)12-17-19-15-8-3-4-9-16(15)21(17)11-13-6-5-7-14(10-13)18(22)23/h3-10H,11-12H2,1-2H3,(H,22,23). The van der Waals surface area contributed by atoms with E-state index in [1.165, 1.54) is 0 Å². The van der Waals surface area contributed by atoms with Crippen LogP contribution in [0.15, 0.2) is 48.5 Å². The Labute approximate surface area is 134 Å². The average molecular weight is 309 g/mol. The summed E-state index contributed by atoms with van der Waals surface area (Å²) in [5.41, 5.74) is 3.28. The number of aromatic nitrogens is 2. The molecule has 5 nitrogen and oxygen atoms in total. The number of carboxylic acids is 1. The van der Waals surface area contributed by atoms with Gasteiger partial charge in [0.05, 0.1) is 23.1 Å². The Hall–Kier alpha value is -2.66. The molecule has 0 aliphatic carbocycles. The number of hydrogen-bond acceptors (Lipinski definition) is 3. The first-order valence-electron chi connectivity index (χ1n) is 7.45. The first-order chi connectivity index (χ1) is 11.0. The Morgan fingerprint density at radius 3 is 2.70 bits per heavy atom. The first kappa shape index (κ1) is 15.2. The van der Waals surface area contributed by atoms with Crippen molar-refractivity contribution in [3.63, 3.8) is 0 Å². The zero-order valence-electron chi connectivity index (χ0n) is 13.2. The molecular weight excluding hydrogens is 290 g/mol. The lowest BCUT2D eigenvalue weighted by Gasteiger charge is -2.13. The summed E-state index contributed by atoms with van der Waals surface area (Å²) >= 11 is 0. The lowest BCUT2D eigenvalue weighted by atomic mass is 10.1. The van der Waals surface area contributed by atoms with Gasteiger partial charge in [-0.25, -0.2) is 9.78 Å². The molecule has 0 aliphatic heterocycles. The number of aromatic carboxylic acids is 1. The summed E-state index contributed by atoms with van der Waals surface area (Å²) in [7, 11) is 4.02. The molecule has 3 rings (SSSR count). The van der Waals surface area contributed by atoms with Crippen molar-refractivity contribution in [2.45, 2.75) is 13.1 Å². The van der Waals surface area contributed by atoms with Gasteiger partial charge < -0.3 is 14.6 Å². The fourth-order valence-corrected chi connectivity index (χ4v) is 2.69. The topological polar surface area (TPSA) is 58.4 Å². The van der Waals surface area contributed by atoms with Crippen LogP contribution >= 0.6 is 0 Å². The van der Waals surface area contributed by atoms with Gasteiger partial charge in [-0.15, -0.1) is 0 Å². The van der Waals surface area contributed by atoms with Gasteiger partial charge in [0.15, 0.2) is 0 Å². The van der Waals surface area contributed by atoms with Crippen molar-refractivity contribution in [2.24, 2.45) is 0 Å². The minimum atomic E-state index is -0.907. The van der Waals surface area contributed by atoms with Gasteiger partial charge in [0.2, 0.25) is 0 Å². The highest BCUT2D eigenvalue weighted by molar-refractivity contribution is 5.87. The molecule has 0 bridgehead atoms. The maximum atomic E-state index is 11.2. The van der Waals surface area contributed by atoms with Crippen molar-refractivity contribution in [3.8, 4) is 0 Å². The van der Waals surface area contributed by atoms with Gasteiger partial charge in [-0.3, -0.25) is 0 Å². The molecule has 0 unspecified atom stereocenters. The predicted molar refractivity (Wildman–Crippen MR) is 89.6 cm³/mol. The van der Waals surface area contributed by atoms with Gasteiger partial charge in [-0.1, -0.05) is 24.3 Å². The van der Waals surface area contributed by atoms with Crippen molar-refractivity contribution in [1.82, 2.24) is 14.5 Å². The molecule has 0 fully saturated rings. The number of imidazole rings is 1. The second kappa shape index (κ2) is 6.22. The van der Waals surface area contributed by atoms with Crippen LogP contribution in [0.4, 0.5) is 0 Å². The number of benzene rings is 2. The largest absolute Gasteiger partial charge is 0.478 e. The minimum absolute atomic E-state index is 0.307. The summed E-state index contributed by atoms with van der Waals surface area (Å²) in [5.74, 6) is 0.0628. The molecule has 1 N–H and O–H groups in total. The molecule has 0 radical (unpaired) electrons. The van der Waals surface area contributed by atoms with Crippen LogP contribution in [0.25, 0.3) is 11.0 Å². The Morgan fingerprint density at radius 2 is 1.96 bits per heavy atom.